The number of Topliss-reactive ketones (excluding diaryl/α,β-unsaturated/α-hetero) is 1. The summed E-state index contributed by atoms with van der Waals surface area (Å²) in [6.45, 7) is 3.41. The second-order valence-corrected chi connectivity index (χ2v) is 9.20. The number of carbonyl (C=O) groups is 4. The standard InChI is InChI=1S/C18H20Cl3N3O6/c1-11(2)14(15(26)12-6-4-3-5-7-12)24(30-13(25)10-18(19,20)21)22-16(27)23-8-9-29-17(23)28/h3-7,11,14H,8-10H2,1-2H3,(H,22,27). The number of nitrogens with one attached hydrogen (secondary N) is 1. The summed E-state index contributed by atoms with van der Waals surface area (Å²) in [6, 6.07) is 6.17. The molecule has 1 atom stereocenters. The number of hydrogen-bond acceptors (Lipinski definition) is 7. The fourth-order valence-corrected chi connectivity index (χ4v) is 2.97. The number of nitrogens with zero attached hydrogens (tertiary/aromatic N) is 2. The monoisotopic (exact) mass is 479 g/mol. The second kappa shape index (κ2) is 10.3. The normalized spacial score (nSPS) is 15.2. The van der Waals surface area contributed by atoms with Crippen molar-refractivity contribution < 1.29 is 28.8 Å². The number of benzene rings is 1. The molecule has 0 aromatic heterocycles. The Morgan fingerprint density at radius 2 is 1.87 bits per heavy atom. The fourth-order valence-electron chi connectivity index (χ4n) is 2.64. The van der Waals surface area contributed by atoms with Gasteiger partial charge in [-0.1, -0.05) is 79.0 Å². The Kier molecular flexibility index (Phi) is 8.31. The summed E-state index contributed by atoms with van der Waals surface area (Å²) in [5.41, 5.74) is 2.59. The number of urea groups is 1. The molecule has 0 saturated carbocycles. The van der Waals surface area contributed by atoms with E-state index >= 15 is 0 Å². The van der Waals surface area contributed by atoms with E-state index in [2.05, 4.69) is 5.43 Å². The van der Waals surface area contributed by atoms with Crippen LogP contribution in [0.4, 0.5) is 9.59 Å². The lowest BCUT2D eigenvalue weighted by atomic mass is 9.95. The van der Waals surface area contributed by atoms with E-state index in [1.54, 1.807) is 44.2 Å². The highest BCUT2D eigenvalue weighted by Crippen LogP contribution is 2.30. The number of rotatable bonds is 7. The summed E-state index contributed by atoms with van der Waals surface area (Å²) in [7, 11) is 0. The van der Waals surface area contributed by atoms with Crippen molar-refractivity contribution in [1.82, 2.24) is 15.5 Å². The summed E-state index contributed by atoms with van der Waals surface area (Å²) in [5.74, 6) is -1.87. The van der Waals surface area contributed by atoms with Crippen LogP contribution in [0.2, 0.25) is 0 Å². The first-order valence-corrected chi connectivity index (χ1v) is 10.0. The molecule has 1 aromatic rings. The number of halogens is 3. The summed E-state index contributed by atoms with van der Waals surface area (Å²) in [5, 5.41) is 0.687. The van der Waals surface area contributed by atoms with Crippen molar-refractivity contribution in [3.8, 4) is 0 Å². The second-order valence-electron chi connectivity index (χ2n) is 6.68. The molecule has 2 rings (SSSR count). The molecule has 1 aliphatic rings. The Labute approximate surface area is 188 Å². The summed E-state index contributed by atoms with van der Waals surface area (Å²) < 4.78 is 2.78. The molecule has 0 aliphatic carbocycles. The number of alkyl halides is 3. The van der Waals surface area contributed by atoms with Gasteiger partial charge >= 0.3 is 18.1 Å². The smallest absolute Gasteiger partial charge is 0.418 e. The van der Waals surface area contributed by atoms with Crippen molar-refractivity contribution in [1.29, 1.82) is 0 Å². The van der Waals surface area contributed by atoms with Gasteiger partial charge in [-0.15, -0.1) is 0 Å². The van der Waals surface area contributed by atoms with Crippen LogP contribution >= 0.6 is 34.8 Å². The average molecular weight is 481 g/mol. The van der Waals surface area contributed by atoms with Gasteiger partial charge in [0.2, 0.25) is 3.79 Å². The SMILES string of the molecule is CC(C)C(C(=O)c1ccccc1)N(NC(=O)N1CCOC1=O)OC(=O)CC(Cl)(Cl)Cl. The van der Waals surface area contributed by atoms with Crippen LogP contribution in [-0.2, 0) is 14.4 Å². The molecule has 0 spiro atoms. The van der Waals surface area contributed by atoms with Crippen molar-refractivity contribution in [2.45, 2.75) is 30.1 Å². The first kappa shape index (κ1) is 24.2. The lowest BCUT2D eigenvalue weighted by Crippen LogP contribution is -2.57. The minimum absolute atomic E-state index is 0.000416. The van der Waals surface area contributed by atoms with E-state index < -0.39 is 46.1 Å². The van der Waals surface area contributed by atoms with E-state index in [1.807, 2.05) is 0 Å². The van der Waals surface area contributed by atoms with Crippen molar-refractivity contribution in [2.75, 3.05) is 13.2 Å². The van der Waals surface area contributed by atoms with Crippen LogP contribution in [0.15, 0.2) is 30.3 Å². The molecule has 0 radical (unpaired) electrons. The molecule has 1 unspecified atom stereocenters. The minimum Gasteiger partial charge on any atom is -0.447 e. The zero-order valence-corrected chi connectivity index (χ0v) is 18.4. The Balaban J connectivity index is 2.30. The molecule has 12 heteroatoms. The fraction of sp³-hybridized carbons (Fsp3) is 0.444. The minimum atomic E-state index is -1.94. The van der Waals surface area contributed by atoms with Crippen LogP contribution in [0.5, 0.6) is 0 Å². The molecular formula is C18H20Cl3N3O6. The molecule has 1 fully saturated rings. The van der Waals surface area contributed by atoms with Crippen molar-refractivity contribution in [3.63, 3.8) is 0 Å². The van der Waals surface area contributed by atoms with Crippen LogP contribution in [0, 0.1) is 5.92 Å². The molecule has 3 amide bonds. The number of imide groups is 1. The van der Waals surface area contributed by atoms with Gasteiger partial charge in [0.15, 0.2) is 5.78 Å². The van der Waals surface area contributed by atoms with Gasteiger partial charge in [0.05, 0.1) is 13.0 Å². The molecular weight excluding hydrogens is 461 g/mol. The van der Waals surface area contributed by atoms with Gasteiger partial charge in [0, 0.05) is 5.56 Å². The van der Waals surface area contributed by atoms with E-state index in [9.17, 15) is 19.2 Å². The predicted octanol–water partition coefficient (Wildman–Crippen LogP) is 3.49. The largest absolute Gasteiger partial charge is 0.447 e. The maximum atomic E-state index is 13.1. The number of ether oxygens (including phenoxy) is 1. The number of hydrogen-bond donors (Lipinski definition) is 1. The highest BCUT2D eigenvalue weighted by Gasteiger charge is 2.38. The predicted molar refractivity (Wildman–Crippen MR) is 109 cm³/mol. The highest BCUT2D eigenvalue weighted by atomic mass is 35.6. The Hall–Kier alpha value is -2.07. The van der Waals surface area contributed by atoms with Gasteiger partial charge in [0.1, 0.15) is 12.6 Å². The maximum absolute atomic E-state index is 13.1. The lowest BCUT2D eigenvalue weighted by molar-refractivity contribution is -0.214. The molecule has 9 nitrogen and oxygen atoms in total. The van der Waals surface area contributed by atoms with Gasteiger partial charge in [-0.2, -0.15) is 0 Å². The van der Waals surface area contributed by atoms with Gasteiger partial charge in [-0.05, 0) is 11.1 Å². The number of ketones is 1. The number of hydrazine groups is 1. The van der Waals surface area contributed by atoms with Gasteiger partial charge in [-0.25, -0.2) is 19.9 Å². The van der Waals surface area contributed by atoms with Gasteiger partial charge in [0.25, 0.3) is 0 Å². The Morgan fingerprint density at radius 3 is 2.37 bits per heavy atom. The number of amides is 3. The van der Waals surface area contributed by atoms with Crippen LogP contribution in [0.1, 0.15) is 30.6 Å². The topological polar surface area (TPSA) is 105 Å². The first-order chi connectivity index (χ1) is 14.0. The molecule has 1 aromatic carbocycles. The van der Waals surface area contributed by atoms with Crippen LogP contribution in [0.3, 0.4) is 0 Å². The van der Waals surface area contributed by atoms with E-state index in [0.29, 0.717) is 10.7 Å². The van der Waals surface area contributed by atoms with Crippen LogP contribution in [-0.4, -0.2) is 56.9 Å². The third-order valence-corrected chi connectivity index (χ3v) is 4.37. The molecule has 164 valence electrons. The summed E-state index contributed by atoms with van der Waals surface area (Å²) >= 11 is 16.9. The molecule has 1 aliphatic heterocycles. The first-order valence-electron chi connectivity index (χ1n) is 8.90. The third kappa shape index (κ3) is 6.73. The van der Waals surface area contributed by atoms with Crippen molar-refractivity contribution in [2.24, 2.45) is 5.92 Å². The number of hydroxylamine groups is 1. The third-order valence-electron chi connectivity index (χ3n) is 3.97. The van der Waals surface area contributed by atoms with Gasteiger partial charge in [-0.3, -0.25) is 9.59 Å². The zero-order chi connectivity index (χ0) is 22.5. The number of cyclic esters (lactones) is 1. The van der Waals surface area contributed by atoms with Crippen molar-refractivity contribution in [3.05, 3.63) is 35.9 Å². The molecule has 0 bridgehead atoms. The van der Waals surface area contributed by atoms with E-state index in [-0.39, 0.29) is 13.2 Å². The Morgan fingerprint density at radius 1 is 1.23 bits per heavy atom. The molecule has 1 heterocycles. The summed E-state index contributed by atoms with van der Waals surface area (Å²) in [6.07, 6.45) is -1.50. The Bertz CT molecular complexity index is 800. The molecule has 1 N–H and O–H groups in total. The maximum Gasteiger partial charge on any atom is 0.418 e. The quantitative estimate of drug-likeness (QED) is 0.362. The van der Waals surface area contributed by atoms with Crippen LogP contribution in [0.25, 0.3) is 0 Å². The van der Waals surface area contributed by atoms with E-state index in [4.69, 9.17) is 44.4 Å². The van der Waals surface area contributed by atoms with E-state index in [0.717, 1.165) is 4.90 Å². The lowest BCUT2D eigenvalue weighted by Gasteiger charge is -2.32. The molecule has 30 heavy (non-hydrogen) atoms. The highest BCUT2D eigenvalue weighted by molar-refractivity contribution is 6.68. The van der Waals surface area contributed by atoms with Crippen LogP contribution < -0.4 is 5.43 Å². The average Bonchev–Trinajstić information content (AvgIpc) is 3.06. The van der Waals surface area contributed by atoms with Crippen molar-refractivity contribution >= 4 is 58.7 Å². The van der Waals surface area contributed by atoms with E-state index in [1.165, 1.54) is 0 Å². The molecule has 1 saturated heterocycles. The number of carbonyl (C=O) groups excluding carboxylic acids is 4. The summed E-state index contributed by atoms with van der Waals surface area (Å²) in [4.78, 5) is 55.4. The zero-order valence-electron chi connectivity index (χ0n) is 16.1. The van der Waals surface area contributed by atoms with Gasteiger partial charge < -0.3 is 9.57 Å².